The van der Waals surface area contributed by atoms with Gasteiger partial charge in [-0.3, -0.25) is 19.1 Å². The number of piperazine rings is 1. The van der Waals surface area contributed by atoms with Crippen LogP contribution < -0.4 is 11.2 Å². The molecule has 7 nitrogen and oxygen atoms in total. The molecule has 2 aromatic heterocycles. The number of carbonyl (C=O) groups excluding carboxylic acids is 1. The smallest absolute Gasteiger partial charge is 0.328 e. The molecule has 8 heteroatoms. The second-order valence-electron chi connectivity index (χ2n) is 8.53. The molecular weight excluding hydrogens is 460 g/mol. The highest BCUT2D eigenvalue weighted by molar-refractivity contribution is 7.09. The molecule has 1 saturated heterocycles. The normalized spacial score (nSPS) is 14.4. The summed E-state index contributed by atoms with van der Waals surface area (Å²) in [5.41, 5.74) is 1.34. The zero-order chi connectivity index (χ0) is 24.2. The molecule has 178 valence electrons. The van der Waals surface area contributed by atoms with Crippen molar-refractivity contribution < 1.29 is 4.79 Å². The molecule has 5 rings (SSSR count). The molecule has 0 bridgehead atoms. The van der Waals surface area contributed by atoms with E-state index in [1.807, 2.05) is 53.9 Å². The first kappa shape index (κ1) is 23.0. The van der Waals surface area contributed by atoms with E-state index in [1.54, 1.807) is 4.90 Å². The average Bonchev–Trinajstić information content (AvgIpc) is 3.42. The van der Waals surface area contributed by atoms with Crippen LogP contribution in [0.3, 0.4) is 0 Å². The summed E-state index contributed by atoms with van der Waals surface area (Å²) in [5, 5.41) is 1.89. The minimum atomic E-state index is -0.555. The van der Waals surface area contributed by atoms with E-state index < -0.39 is 11.2 Å². The number of aromatic amines is 1. The fraction of sp³-hybridized carbons (Fsp3) is 0.222. The minimum absolute atomic E-state index is 0.00252. The highest BCUT2D eigenvalue weighted by atomic mass is 32.1. The number of H-pyrrole nitrogens is 1. The monoisotopic (exact) mass is 486 g/mol. The summed E-state index contributed by atoms with van der Waals surface area (Å²) in [5.74, 6) is -0.346. The molecular formula is C27H26N4O3S. The lowest BCUT2D eigenvalue weighted by atomic mass is 9.96. The number of carbonyl (C=O) groups is 1. The van der Waals surface area contributed by atoms with Gasteiger partial charge in [-0.05, 0) is 22.6 Å². The van der Waals surface area contributed by atoms with Gasteiger partial charge in [0, 0.05) is 37.3 Å². The number of benzene rings is 2. The Hall–Kier alpha value is -3.75. The molecule has 35 heavy (non-hydrogen) atoms. The highest BCUT2D eigenvalue weighted by Gasteiger charge is 2.29. The number of amides is 1. The van der Waals surface area contributed by atoms with Gasteiger partial charge < -0.3 is 9.88 Å². The van der Waals surface area contributed by atoms with Crippen molar-refractivity contribution in [3.8, 4) is 0 Å². The van der Waals surface area contributed by atoms with Crippen LogP contribution in [0.1, 0.15) is 32.4 Å². The Balaban J connectivity index is 1.34. The lowest BCUT2D eigenvalue weighted by Crippen LogP contribution is -2.51. The van der Waals surface area contributed by atoms with Crippen molar-refractivity contribution in [2.45, 2.75) is 12.6 Å². The van der Waals surface area contributed by atoms with E-state index in [1.165, 1.54) is 28.7 Å². The van der Waals surface area contributed by atoms with Gasteiger partial charge in [0.1, 0.15) is 5.56 Å². The Morgan fingerprint density at radius 2 is 1.49 bits per heavy atom. The summed E-state index contributed by atoms with van der Waals surface area (Å²) in [6.45, 7) is 2.49. The fourth-order valence-corrected chi connectivity index (χ4v) is 5.30. The van der Waals surface area contributed by atoms with Crippen molar-refractivity contribution in [1.82, 2.24) is 19.4 Å². The number of hydrogen-bond acceptors (Lipinski definition) is 5. The van der Waals surface area contributed by atoms with Crippen LogP contribution in [0.15, 0.2) is 94.0 Å². The highest BCUT2D eigenvalue weighted by Crippen LogP contribution is 2.29. The predicted octanol–water partition coefficient (Wildman–Crippen LogP) is 3.19. The summed E-state index contributed by atoms with van der Waals surface area (Å²) < 4.78 is 1.09. The Labute approximate surface area is 206 Å². The SMILES string of the molecule is O=C(c1c[nH]c(=O)n(Cc2cccs2)c1=O)N1CCN(C(c2ccccc2)c2ccccc2)CC1. The molecule has 0 spiro atoms. The zero-order valence-electron chi connectivity index (χ0n) is 19.2. The number of aromatic nitrogens is 2. The summed E-state index contributed by atoms with van der Waals surface area (Å²) in [4.78, 5) is 46.1. The van der Waals surface area contributed by atoms with E-state index in [2.05, 4.69) is 34.1 Å². The molecule has 0 saturated carbocycles. The van der Waals surface area contributed by atoms with Crippen molar-refractivity contribution in [2.75, 3.05) is 26.2 Å². The third-order valence-electron chi connectivity index (χ3n) is 6.38. The van der Waals surface area contributed by atoms with Gasteiger partial charge in [-0.2, -0.15) is 0 Å². The van der Waals surface area contributed by atoms with Crippen LogP contribution in [0.2, 0.25) is 0 Å². The topological polar surface area (TPSA) is 78.4 Å². The second-order valence-corrected chi connectivity index (χ2v) is 9.56. The molecule has 2 aromatic carbocycles. The Morgan fingerprint density at radius 1 is 0.857 bits per heavy atom. The lowest BCUT2D eigenvalue weighted by molar-refractivity contribution is 0.0594. The molecule has 1 amide bonds. The van der Waals surface area contributed by atoms with Crippen molar-refractivity contribution in [3.63, 3.8) is 0 Å². The Kier molecular flexibility index (Phi) is 6.74. The largest absolute Gasteiger partial charge is 0.336 e. The first-order valence-electron chi connectivity index (χ1n) is 11.6. The molecule has 0 radical (unpaired) electrons. The summed E-state index contributed by atoms with van der Waals surface area (Å²) in [6, 6.07) is 24.5. The number of hydrogen-bond donors (Lipinski definition) is 1. The lowest BCUT2D eigenvalue weighted by Gasteiger charge is -2.39. The predicted molar refractivity (Wildman–Crippen MR) is 137 cm³/mol. The van der Waals surface area contributed by atoms with E-state index in [0.29, 0.717) is 26.2 Å². The van der Waals surface area contributed by atoms with Gasteiger partial charge >= 0.3 is 5.69 Å². The van der Waals surface area contributed by atoms with Crippen LogP contribution >= 0.6 is 11.3 Å². The van der Waals surface area contributed by atoms with Crippen LogP contribution in [-0.2, 0) is 6.54 Å². The summed E-state index contributed by atoms with van der Waals surface area (Å²) >= 11 is 1.46. The Morgan fingerprint density at radius 3 is 2.06 bits per heavy atom. The first-order valence-corrected chi connectivity index (χ1v) is 12.5. The van der Waals surface area contributed by atoms with E-state index in [9.17, 15) is 14.4 Å². The van der Waals surface area contributed by atoms with Crippen molar-refractivity contribution in [2.24, 2.45) is 0 Å². The molecule has 1 fully saturated rings. The van der Waals surface area contributed by atoms with Crippen molar-refractivity contribution in [1.29, 1.82) is 0 Å². The van der Waals surface area contributed by atoms with Crippen molar-refractivity contribution >= 4 is 17.2 Å². The summed E-state index contributed by atoms with van der Waals surface area (Å²) in [7, 11) is 0. The third-order valence-corrected chi connectivity index (χ3v) is 7.24. The molecule has 1 N–H and O–H groups in total. The molecule has 1 aliphatic heterocycles. The number of rotatable bonds is 6. The number of thiophene rings is 1. The third kappa shape index (κ3) is 4.89. The maximum Gasteiger partial charge on any atom is 0.328 e. The van der Waals surface area contributed by atoms with Gasteiger partial charge in [0.25, 0.3) is 11.5 Å². The van der Waals surface area contributed by atoms with Crippen molar-refractivity contribution in [3.05, 3.63) is 127 Å². The van der Waals surface area contributed by atoms with Gasteiger partial charge in [0.15, 0.2) is 0 Å². The molecule has 3 heterocycles. The zero-order valence-corrected chi connectivity index (χ0v) is 20.0. The maximum absolute atomic E-state index is 13.3. The number of nitrogens with zero attached hydrogens (tertiary/aromatic N) is 3. The van der Waals surface area contributed by atoms with E-state index in [4.69, 9.17) is 0 Å². The maximum atomic E-state index is 13.3. The molecule has 0 unspecified atom stereocenters. The van der Waals surface area contributed by atoms with Crippen LogP contribution in [0, 0.1) is 0 Å². The molecule has 1 aliphatic rings. The van der Waals surface area contributed by atoms with Gasteiger partial charge in [-0.1, -0.05) is 66.7 Å². The van der Waals surface area contributed by atoms with E-state index >= 15 is 0 Å². The standard InChI is InChI=1S/C27H26N4O3S/c32-25(23-18-28-27(34)31(26(23)33)19-22-12-7-17-35-22)30-15-13-29(14-16-30)24(20-8-3-1-4-9-20)21-10-5-2-6-11-21/h1-12,17-18,24H,13-16,19H2,(H,28,34). The van der Waals surface area contributed by atoms with Gasteiger partial charge in [-0.25, -0.2) is 4.79 Å². The van der Waals surface area contributed by atoms with Gasteiger partial charge in [-0.15, -0.1) is 11.3 Å². The Bertz CT molecular complexity index is 1350. The number of nitrogens with one attached hydrogen (secondary N) is 1. The quantitative estimate of drug-likeness (QED) is 0.454. The van der Waals surface area contributed by atoms with Gasteiger partial charge in [0.05, 0.1) is 12.6 Å². The van der Waals surface area contributed by atoms with Crippen LogP contribution in [0.5, 0.6) is 0 Å². The fourth-order valence-electron chi connectivity index (χ4n) is 4.60. The van der Waals surface area contributed by atoms with Crippen LogP contribution in [-0.4, -0.2) is 51.4 Å². The van der Waals surface area contributed by atoms with E-state index in [-0.39, 0.29) is 24.1 Å². The van der Waals surface area contributed by atoms with E-state index in [0.717, 1.165) is 9.44 Å². The van der Waals surface area contributed by atoms with Crippen LogP contribution in [0.25, 0.3) is 0 Å². The minimum Gasteiger partial charge on any atom is -0.336 e. The van der Waals surface area contributed by atoms with Crippen LogP contribution in [0.4, 0.5) is 0 Å². The summed E-state index contributed by atoms with van der Waals surface area (Å²) in [6.07, 6.45) is 1.25. The second kappa shape index (κ2) is 10.2. The molecule has 4 aromatic rings. The molecule has 0 aliphatic carbocycles. The molecule has 0 atom stereocenters. The van der Waals surface area contributed by atoms with Gasteiger partial charge in [0.2, 0.25) is 0 Å². The first-order chi connectivity index (χ1) is 17.1. The average molecular weight is 487 g/mol.